The zero-order chi connectivity index (χ0) is 16.1. The number of aromatic nitrogens is 1. The highest BCUT2D eigenvalue weighted by atomic mass is 32.2. The normalized spacial score (nSPS) is 21.2. The lowest BCUT2D eigenvalue weighted by Crippen LogP contribution is -2.41. The van der Waals surface area contributed by atoms with Crippen molar-refractivity contribution in [3.05, 3.63) is 22.9 Å². The summed E-state index contributed by atoms with van der Waals surface area (Å²) >= 11 is 1.35. The van der Waals surface area contributed by atoms with Crippen molar-refractivity contribution < 1.29 is 4.79 Å². The summed E-state index contributed by atoms with van der Waals surface area (Å²) in [4.78, 5) is 16.6. The molecule has 2 atom stereocenters. The van der Waals surface area contributed by atoms with Crippen molar-refractivity contribution in [3.63, 3.8) is 0 Å². The van der Waals surface area contributed by atoms with Gasteiger partial charge >= 0.3 is 0 Å². The van der Waals surface area contributed by atoms with E-state index in [1.807, 2.05) is 19.9 Å². The van der Waals surface area contributed by atoms with Crippen molar-refractivity contribution in [1.82, 2.24) is 10.3 Å². The van der Waals surface area contributed by atoms with E-state index >= 15 is 0 Å². The Morgan fingerprint density at radius 3 is 2.86 bits per heavy atom. The first-order valence-corrected chi connectivity index (χ1v) is 8.80. The van der Waals surface area contributed by atoms with Crippen LogP contribution in [-0.2, 0) is 4.79 Å². The highest BCUT2D eigenvalue weighted by molar-refractivity contribution is 8.00. The number of amides is 1. The Bertz CT molecular complexity index is 594. The molecule has 1 aromatic rings. The number of thioether (sulfide) groups is 1. The Morgan fingerprint density at radius 1 is 1.45 bits per heavy atom. The lowest BCUT2D eigenvalue weighted by Gasteiger charge is -2.29. The second-order valence-electron chi connectivity index (χ2n) is 6.10. The van der Waals surface area contributed by atoms with Crippen molar-refractivity contribution >= 4 is 17.7 Å². The smallest absolute Gasteiger partial charge is 0.230 e. The molecule has 0 aromatic carbocycles. The Balaban J connectivity index is 1.95. The number of hydrogen-bond acceptors (Lipinski definition) is 4. The van der Waals surface area contributed by atoms with Crippen LogP contribution in [0.2, 0.25) is 0 Å². The molecule has 1 aliphatic rings. The van der Waals surface area contributed by atoms with Crippen molar-refractivity contribution in [1.29, 1.82) is 5.26 Å². The van der Waals surface area contributed by atoms with E-state index in [2.05, 4.69) is 23.3 Å². The van der Waals surface area contributed by atoms with E-state index in [1.54, 1.807) is 0 Å². The predicted octanol–water partition coefficient (Wildman–Crippen LogP) is 3.36. The topological polar surface area (TPSA) is 65.8 Å². The monoisotopic (exact) mass is 317 g/mol. The minimum Gasteiger partial charge on any atom is -0.352 e. The van der Waals surface area contributed by atoms with Gasteiger partial charge in [-0.1, -0.05) is 31.5 Å². The van der Waals surface area contributed by atoms with Crippen LogP contribution >= 0.6 is 11.8 Å². The number of pyridine rings is 1. The number of hydrogen-bond donors (Lipinski definition) is 1. The summed E-state index contributed by atoms with van der Waals surface area (Å²) < 4.78 is 0. The first-order chi connectivity index (χ1) is 10.5. The maximum Gasteiger partial charge on any atom is 0.230 e. The molecular weight excluding hydrogens is 294 g/mol. The van der Waals surface area contributed by atoms with Crippen LogP contribution in [-0.4, -0.2) is 22.7 Å². The second-order valence-corrected chi connectivity index (χ2v) is 7.06. The van der Waals surface area contributed by atoms with E-state index in [0.717, 1.165) is 17.7 Å². The third kappa shape index (κ3) is 4.23. The maximum absolute atomic E-state index is 12.2. The average Bonchev–Trinajstić information content (AvgIpc) is 2.47. The fourth-order valence-electron chi connectivity index (χ4n) is 2.96. The molecule has 1 aliphatic carbocycles. The summed E-state index contributed by atoms with van der Waals surface area (Å²) in [5.74, 6) is 0.902. The van der Waals surface area contributed by atoms with Crippen molar-refractivity contribution in [2.75, 3.05) is 5.75 Å². The summed E-state index contributed by atoms with van der Waals surface area (Å²) in [5, 5.41) is 13.0. The number of carbonyl (C=O) groups is 1. The number of rotatable bonds is 4. The highest BCUT2D eigenvalue weighted by Gasteiger charge is 2.23. The zero-order valence-corrected chi connectivity index (χ0v) is 14.3. The van der Waals surface area contributed by atoms with Gasteiger partial charge in [-0.2, -0.15) is 5.26 Å². The minimum atomic E-state index is 0.0357. The molecule has 0 unspecified atom stereocenters. The third-order valence-electron chi connectivity index (χ3n) is 4.22. The molecule has 1 N–H and O–H groups in total. The van der Waals surface area contributed by atoms with Gasteiger partial charge in [-0.15, -0.1) is 0 Å². The molecule has 5 heteroatoms. The number of aryl methyl sites for hydroxylation is 2. The fraction of sp³-hybridized carbons (Fsp3) is 0.588. The van der Waals surface area contributed by atoms with Gasteiger partial charge in [-0.05, 0) is 44.2 Å². The van der Waals surface area contributed by atoms with Crippen LogP contribution in [0, 0.1) is 31.1 Å². The van der Waals surface area contributed by atoms with Crippen molar-refractivity contribution in [2.45, 2.75) is 57.5 Å². The summed E-state index contributed by atoms with van der Waals surface area (Å²) in [6, 6.07) is 4.38. The van der Waals surface area contributed by atoms with Gasteiger partial charge < -0.3 is 5.32 Å². The van der Waals surface area contributed by atoms with Crippen LogP contribution in [0.5, 0.6) is 0 Å². The van der Waals surface area contributed by atoms with Gasteiger partial charge in [0, 0.05) is 11.7 Å². The Hall–Kier alpha value is -1.54. The second kappa shape index (κ2) is 7.64. The van der Waals surface area contributed by atoms with E-state index in [0.29, 0.717) is 28.3 Å². The van der Waals surface area contributed by atoms with Crippen LogP contribution in [0.25, 0.3) is 0 Å². The highest BCUT2D eigenvalue weighted by Crippen LogP contribution is 2.25. The molecule has 1 aromatic heterocycles. The van der Waals surface area contributed by atoms with E-state index < -0.39 is 0 Å². The minimum absolute atomic E-state index is 0.0357. The van der Waals surface area contributed by atoms with Gasteiger partial charge in [-0.25, -0.2) is 4.98 Å². The number of nitrogens with zero attached hydrogens (tertiary/aromatic N) is 2. The number of nitriles is 1. The van der Waals surface area contributed by atoms with Crippen LogP contribution in [0.4, 0.5) is 0 Å². The quantitative estimate of drug-likeness (QED) is 0.865. The molecular formula is C17H23N3OS. The molecule has 0 spiro atoms. The van der Waals surface area contributed by atoms with Gasteiger partial charge in [0.25, 0.3) is 0 Å². The molecule has 1 heterocycles. The largest absolute Gasteiger partial charge is 0.352 e. The van der Waals surface area contributed by atoms with Crippen molar-refractivity contribution in [2.24, 2.45) is 5.92 Å². The molecule has 1 fully saturated rings. The van der Waals surface area contributed by atoms with Gasteiger partial charge in [-0.3, -0.25) is 4.79 Å². The Kier molecular flexibility index (Phi) is 5.84. The molecule has 0 saturated heterocycles. The van der Waals surface area contributed by atoms with Gasteiger partial charge in [0.2, 0.25) is 5.91 Å². The molecule has 4 nitrogen and oxygen atoms in total. The van der Waals surface area contributed by atoms with E-state index in [4.69, 9.17) is 0 Å². The molecule has 2 rings (SSSR count). The summed E-state index contributed by atoms with van der Waals surface area (Å²) in [6.07, 6.45) is 4.72. The number of nitrogens with one attached hydrogen (secondary N) is 1. The molecule has 1 saturated carbocycles. The van der Waals surface area contributed by atoms with Crippen LogP contribution in [0.1, 0.15) is 49.4 Å². The standard InChI is InChI=1S/C17H23N3OS/c1-11-6-4-5-7-15(11)20-16(21)10-22-17-14(9-18)12(2)8-13(3)19-17/h8,11,15H,4-7,10H2,1-3H3,(H,20,21)/t11-,15-/m1/s1. The van der Waals surface area contributed by atoms with Gasteiger partial charge in [0.05, 0.1) is 11.3 Å². The molecule has 22 heavy (non-hydrogen) atoms. The first-order valence-electron chi connectivity index (χ1n) is 7.81. The molecule has 0 bridgehead atoms. The predicted molar refractivity (Wildman–Crippen MR) is 88.7 cm³/mol. The number of carbonyl (C=O) groups excluding carboxylic acids is 1. The molecule has 1 amide bonds. The SMILES string of the molecule is Cc1cc(C)c(C#N)c(SCC(=O)N[C@@H]2CCCC[C@H]2C)n1. The Labute approximate surface area is 136 Å². The molecule has 0 aliphatic heterocycles. The fourth-order valence-corrected chi connectivity index (χ4v) is 3.87. The summed E-state index contributed by atoms with van der Waals surface area (Å²) in [6.45, 7) is 6.01. The first kappa shape index (κ1) is 16.8. The van der Waals surface area contributed by atoms with Gasteiger partial charge in [0.1, 0.15) is 11.1 Å². The van der Waals surface area contributed by atoms with E-state index in [9.17, 15) is 10.1 Å². The van der Waals surface area contributed by atoms with E-state index in [-0.39, 0.29) is 5.91 Å². The van der Waals surface area contributed by atoms with Gasteiger partial charge in [0.15, 0.2) is 0 Å². The van der Waals surface area contributed by atoms with Crippen LogP contribution in [0.3, 0.4) is 0 Å². The third-order valence-corrected chi connectivity index (χ3v) is 5.20. The van der Waals surface area contributed by atoms with Crippen LogP contribution < -0.4 is 5.32 Å². The summed E-state index contributed by atoms with van der Waals surface area (Å²) in [7, 11) is 0. The lowest BCUT2D eigenvalue weighted by molar-refractivity contribution is -0.119. The molecule has 118 valence electrons. The van der Waals surface area contributed by atoms with Crippen LogP contribution in [0.15, 0.2) is 11.1 Å². The average molecular weight is 317 g/mol. The Morgan fingerprint density at radius 2 is 2.18 bits per heavy atom. The zero-order valence-electron chi connectivity index (χ0n) is 13.5. The maximum atomic E-state index is 12.2. The lowest BCUT2D eigenvalue weighted by atomic mass is 9.86. The van der Waals surface area contributed by atoms with Crippen molar-refractivity contribution in [3.8, 4) is 6.07 Å². The van der Waals surface area contributed by atoms with E-state index in [1.165, 1.54) is 31.0 Å². The molecule has 0 radical (unpaired) electrons. The summed E-state index contributed by atoms with van der Waals surface area (Å²) in [5.41, 5.74) is 2.37.